The Morgan fingerprint density at radius 2 is 1.52 bits per heavy atom. The normalized spacial score (nSPS) is 34.1. The molecule has 11 heteroatoms. The fourth-order valence-electron chi connectivity index (χ4n) is 3.52. The number of allylic oxidation sites excluding steroid dienone is 2. The van der Waals surface area contributed by atoms with Crippen LogP contribution in [0.2, 0.25) is 5.02 Å². The first-order chi connectivity index (χ1) is 12.3. The smallest absolute Gasteiger partial charge is 0.309 e. The van der Waals surface area contributed by atoms with Gasteiger partial charge in [-0.15, -0.1) is 23.2 Å². The number of benzene rings is 1. The minimum Gasteiger partial charge on any atom is -0.481 e. The van der Waals surface area contributed by atoms with Crippen molar-refractivity contribution in [2.24, 2.45) is 11.8 Å². The zero-order valence-electron chi connectivity index (χ0n) is 13.3. The highest BCUT2D eigenvalue weighted by molar-refractivity contribution is 6.66. The molecule has 0 radical (unpaired) electrons. The molecule has 0 heterocycles. The summed E-state index contributed by atoms with van der Waals surface area (Å²) in [6.07, 6.45) is 0. The fraction of sp³-hybridized carbons (Fsp3) is 0.375. The maximum absolute atomic E-state index is 13.0. The number of carbonyl (C=O) groups excluding carboxylic acids is 1. The van der Waals surface area contributed by atoms with Gasteiger partial charge in [-0.25, -0.2) is 0 Å². The second-order valence-corrected chi connectivity index (χ2v) is 10.1. The molecule has 0 spiro atoms. The molecule has 2 aliphatic carbocycles. The maximum Gasteiger partial charge on any atom is 0.309 e. The first-order valence-electron chi connectivity index (χ1n) is 7.43. The van der Waals surface area contributed by atoms with E-state index in [9.17, 15) is 14.7 Å². The van der Waals surface area contributed by atoms with E-state index in [0.29, 0.717) is 10.7 Å². The second kappa shape index (κ2) is 6.73. The van der Waals surface area contributed by atoms with Crippen LogP contribution in [0.4, 0.5) is 5.69 Å². The molecule has 1 amide bonds. The average molecular weight is 512 g/mol. The van der Waals surface area contributed by atoms with E-state index in [1.54, 1.807) is 19.1 Å². The van der Waals surface area contributed by atoms with E-state index in [2.05, 4.69) is 5.32 Å². The number of rotatable bonds is 3. The Hall–Kier alpha value is -0.0700. The zero-order chi connectivity index (χ0) is 20.5. The number of aryl methyl sites for hydroxylation is 1. The quantitative estimate of drug-likeness (QED) is 0.507. The van der Waals surface area contributed by atoms with Crippen molar-refractivity contribution in [1.82, 2.24) is 0 Å². The summed E-state index contributed by atoms with van der Waals surface area (Å²) in [6.45, 7) is 1.79. The second-order valence-electron chi connectivity index (χ2n) is 6.37. The zero-order valence-corrected chi connectivity index (χ0v) is 18.6. The molecule has 2 bridgehead atoms. The van der Waals surface area contributed by atoms with Gasteiger partial charge in [0.1, 0.15) is 9.75 Å². The number of nitrogens with one attached hydrogen (secondary N) is 1. The van der Waals surface area contributed by atoms with Crippen molar-refractivity contribution < 1.29 is 14.7 Å². The summed E-state index contributed by atoms with van der Waals surface area (Å²) < 4.78 is -2.15. The molecule has 1 aromatic rings. The maximum atomic E-state index is 13.0. The van der Waals surface area contributed by atoms with Crippen LogP contribution in [-0.4, -0.2) is 31.1 Å². The number of alkyl halides is 4. The van der Waals surface area contributed by atoms with Gasteiger partial charge in [-0.05, 0) is 24.6 Å². The third-order valence-corrected chi connectivity index (χ3v) is 9.59. The number of anilines is 1. The van der Waals surface area contributed by atoms with Gasteiger partial charge in [0, 0.05) is 10.7 Å². The lowest BCUT2D eigenvalue weighted by Gasteiger charge is -2.33. The molecular weight excluding hydrogens is 502 g/mol. The van der Waals surface area contributed by atoms with Crippen molar-refractivity contribution in [2.75, 3.05) is 5.32 Å². The molecule has 3 rings (SSSR count). The number of carboxylic acid groups (broad SMARTS) is 1. The Kier molecular flexibility index (Phi) is 5.39. The van der Waals surface area contributed by atoms with Crippen LogP contribution in [0.3, 0.4) is 0 Å². The van der Waals surface area contributed by atoms with Gasteiger partial charge in [0.2, 0.25) is 5.91 Å². The van der Waals surface area contributed by atoms with Crippen LogP contribution in [0.5, 0.6) is 0 Å². The van der Waals surface area contributed by atoms with Crippen LogP contribution in [0.1, 0.15) is 5.56 Å². The van der Waals surface area contributed by atoms with E-state index in [1.165, 1.54) is 6.07 Å². The predicted octanol–water partition coefficient (Wildman–Crippen LogP) is 5.75. The molecule has 27 heavy (non-hydrogen) atoms. The topological polar surface area (TPSA) is 66.4 Å². The van der Waals surface area contributed by atoms with Crippen LogP contribution >= 0.6 is 81.2 Å². The minimum absolute atomic E-state index is 0.259. The van der Waals surface area contributed by atoms with Crippen molar-refractivity contribution in [2.45, 2.75) is 21.0 Å². The van der Waals surface area contributed by atoms with Crippen molar-refractivity contribution in [3.63, 3.8) is 0 Å². The molecule has 2 aliphatic rings. The van der Waals surface area contributed by atoms with Crippen molar-refractivity contribution >= 4 is 98.8 Å². The molecule has 1 fully saturated rings. The number of amides is 1. The van der Waals surface area contributed by atoms with E-state index in [4.69, 9.17) is 81.2 Å². The average Bonchev–Trinajstić information content (AvgIpc) is 2.78. The molecule has 0 unspecified atom stereocenters. The highest BCUT2D eigenvalue weighted by atomic mass is 35.5. The van der Waals surface area contributed by atoms with Gasteiger partial charge in [-0.1, -0.05) is 64.1 Å². The Morgan fingerprint density at radius 3 is 2.00 bits per heavy atom. The number of hydrogen-bond acceptors (Lipinski definition) is 2. The highest BCUT2D eigenvalue weighted by Crippen LogP contribution is 2.76. The van der Waals surface area contributed by atoms with Gasteiger partial charge in [-0.2, -0.15) is 0 Å². The molecule has 4 nitrogen and oxygen atoms in total. The largest absolute Gasteiger partial charge is 0.481 e. The van der Waals surface area contributed by atoms with Crippen LogP contribution in [0, 0.1) is 18.8 Å². The predicted molar refractivity (Wildman–Crippen MR) is 110 cm³/mol. The summed E-state index contributed by atoms with van der Waals surface area (Å²) in [5, 5.41) is 12.2. The summed E-state index contributed by atoms with van der Waals surface area (Å²) in [5.41, 5.74) is 1.12. The Labute approximate surface area is 189 Å². The lowest BCUT2D eigenvalue weighted by molar-refractivity contribution is -0.146. The van der Waals surface area contributed by atoms with Gasteiger partial charge in [0.05, 0.1) is 21.9 Å². The molecule has 1 aromatic carbocycles. The number of aliphatic carboxylic acids is 1. The summed E-state index contributed by atoms with van der Waals surface area (Å²) >= 11 is 44.1. The Bertz CT molecular complexity index is 902. The number of carboxylic acids is 1. The number of halogens is 7. The third-order valence-electron chi connectivity index (χ3n) is 4.92. The Balaban J connectivity index is 2.10. The minimum atomic E-state index is -2.15. The van der Waals surface area contributed by atoms with Crippen LogP contribution in [0.15, 0.2) is 28.3 Å². The van der Waals surface area contributed by atoms with E-state index < -0.39 is 37.8 Å². The first-order valence-corrected chi connectivity index (χ1v) is 10.1. The van der Waals surface area contributed by atoms with Gasteiger partial charge in [0.15, 0.2) is 4.33 Å². The van der Waals surface area contributed by atoms with Gasteiger partial charge in [-0.3, -0.25) is 9.59 Å². The lowest BCUT2D eigenvalue weighted by atomic mass is 9.81. The van der Waals surface area contributed by atoms with Crippen molar-refractivity contribution in [3.8, 4) is 0 Å². The van der Waals surface area contributed by atoms with Crippen LogP contribution in [0.25, 0.3) is 0 Å². The SMILES string of the molecule is Cc1ccc(NC(=O)[C@@H]2[C@@H](C(=O)O)[C@]3(Cl)C(Cl)=C(Cl)[C@]2(Cl)C3(Cl)Cl)cc1Cl. The number of hydrogen-bond donors (Lipinski definition) is 2. The standard InChI is InChI=1S/C16H10Cl7NO3/c1-5-2-3-6(4-7(5)17)24-12(25)8-9(13(26)27)15(21)11(19)10(18)14(8,20)16(15,22)23/h2-4,8-9H,1H3,(H,24,25)(H,26,27)/t8-,9-,14-,15-/m0/s1. The first kappa shape index (κ1) is 21.6. The summed E-state index contributed by atoms with van der Waals surface area (Å²) in [5.74, 6) is -5.35. The van der Waals surface area contributed by atoms with Gasteiger partial charge < -0.3 is 10.4 Å². The van der Waals surface area contributed by atoms with Crippen molar-refractivity contribution in [1.29, 1.82) is 0 Å². The third kappa shape index (κ3) is 2.64. The molecule has 2 N–H and O–H groups in total. The summed E-state index contributed by atoms with van der Waals surface area (Å²) in [7, 11) is 0. The lowest BCUT2D eigenvalue weighted by Crippen LogP contribution is -2.47. The number of carbonyl (C=O) groups is 2. The molecule has 0 aromatic heterocycles. The fourth-order valence-corrected chi connectivity index (χ4v) is 6.63. The molecular formula is C16H10Cl7NO3. The monoisotopic (exact) mass is 509 g/mol. The molecule has 4 atom stereocenters. The van der Waals surface area contributed by atoms with Gasteiger partial charge in [0.25, 0.3) is 0 Å². The Morgan fingerprint density at radius 1 is 1.00 bits per heavy atom. The molecule has 0 aliphatic heterocycles. The van der Waals surface area contributed by atoms with Gasteiger partial charge >= 0.3 is 5.97 Å². The molecule has 146 valence electrons. The summed E-state index contributed by atoms with van der Waals surface area (Å²) in [4.78, 5) is 20.9. The highest BCUT2D eigenvalue weighted by Gasteiger charge is 2.85. The van der Waals surface area contributed by atoms with E-state index >= 15 is 0 Å². The number of fused-ring (bicyclic) bond motifs is 2. The van der Waals surface area contributed by atoms with Crippen LogP contribution in [-0.2, 0) is 9.59 Å². The molecule has 0 saturated heterocycles. The van der Waals surface area contributed by atoms with Crippen molar-refractivity contribution in [3.05, 3.63) is 38.8 Å². The summed E-state index contributed by atoms with van der Waals surface area (Å²) in [6, 6.07) is 4.79. The van der Waals surface area contributed by atoms with E-state index in [1.807, 2.05) is 0 Å². The van der Waals surface area contributed by atoms with E-state index in [-0.39, 0.29) is 10.1 Å². The molecule has 1 saturated carbocycles. The van der Waals surface area contributed by atoms with E-state index in [0.717, 1.165) is 5.56 Å². The van der Waals surface area contributed by atoms with Crippen LogP contribution < -0.4 is 5.32 Å².